The number of halogens is 7. The van der Waals surface area contributed by atoms with Crippen LogP contribution >= 0.6 is 0 Å². The molecule has 13 heteroatoms. The maximum Gasteiger partial charge on any atom is 0.417 e. The van der Waals surface area contributed by atoms with Crippen LogP contribution in [0.25, 0.3) is 22.5 Å². The average molecular weight is 764 g/mol. The van der Waals surface area contributed by atoms with Crippen molar-refractivity contribution in [1.82, 2.24) is 15.0 Å². The van der Waals surface area contributed by atoms with Crippen molar-refractivity contribution in [3.8, 4) is 22.5 Å². The molecule has 0 fully saturated rings. The Labute approximate surface area is 248 Å². The zero-order valence-corrected chi connectivity index (χ0v) is 23.2. The van der Waals surface area contributed by atoms with Crippen molar-refractivity contribution in [2.45, 2.75) is 6.18 Å². The largest absolute Gasteiger partial charge is 0.478 e. The number of hydrogen-bond donors (Lipinski definition) is 1. The van der Waals surface area contributed by atoms with Crippen LogP contribution < -0.4 is 0 Å². The summed E-state index contributed by atoms with van der Waals surface area (Å²) < 4.78 is 87.9. The second-order valence-corrected chi connectivity index (χ2v) is 7.74. The molecule has 0 bridgehead atoms. The van der Waals surface area contributed by atoms with Gasteiger partial charge < -0.3 is 15.1 Å². The Morgan fingerprint density at radius 1 is 0.738 bits per heavy atom. The van der Waals surface area contributed by atoms with Crippen LogP contribution in [0.5, 0.6) is 0 Å². The molecule has 3 aromatic heterocycles. The molecule has 42 heavy (non-hydrogen) atoms. The fraction of sp³-hybridized carbons (Fsp3) is 0.0345. The topological polar surface area (TPSA) is 76.0 Å². The molecule has 0 aliphatic rings. The Morgan fingerprint density at radius 3 is 1.55 bits per heavy atom. The fourth-order valence-corrected chi connectivity index (χ4v) is 3.12. The fourth-order valence-electron chi connectivity index (χ4n) is 3.12. The maximum absolute atomic E-state index is 13.2. The van der Waals surface area contributed by atoms with E-state index in [0.717, 1.165) is 30.5 Å². The van der Waals surface area contributed by atoms with E-state index in [0.29, 0.717) is 23.7 Å². The van der Waals surface area contributed by atoms with Gasteiger partial charge in [-0.3, -0.25) is 22.5 Å². The van der Waals surface area contributed by atoms with E-state index in [1.165, 1.54) is 0 Å². The van der Waals surface area contributed by atoms with Gasteiger partial charge in [0.05, 0.1) is 11.1 Å². The van der Waals surface area contributed by atoms with E-state index < -0.39 is 46.5 Å². The molecule has 219 valence electrons. The van der Waals surface area contributed by atoms with Crippen molar-refractivity contribution in [2.75, 3.05) is 0 Å². The van der Waals surface area contributed by atoms with E-state index in [1.807, 2.05) is 0 Å². The number of carbonyl (C=O) groups is 1. The van der Waals surface area contributed by atoms with Gasteiger partial charge in [-0.05, 0) is 29.6 Å². The molecule has 5 aromatic rings. The molecule has 1 radical (unpaired) electrons. The molecule has 2 aromatic carbocycles. The second-order valence-electron chi connectivity index (χ2n) is 7.74. The van der Waals surface area contributed by atoms with E-state index in [-0.39, 0.29) is 31.2 Å². The van der Waals surface area contributed by atoms with Crippen LogP contribution in [0.15, 0.2) is 91.5 Å². The number of carboxylic acids is 1. The minimum absolute atomic E-state index is 0. The molecule has 0 aliphatic carbocycles. The molecular formula is C29H16F7IrN3O2-2. The Bertz CT molecular complexity index is 1520. The van der Waals surface area contributed by atoms with Gasteiger partial charge in [-0.25, -0.2) is 4.79 Å². The normalized spacial score (nSPS) is 10.3. The molecule has 0 saturated heterocycles. The molecule has 3 heterocycles. The molecule has 0 saturated carbocycles. The number of alkyl halides is 3. The molecule has 0 atom stereocenters. The van der Waals surface area contributed by atoms with E-state index in [1.54, 1.807) is 48.8 Å². The standard InChI is InChI=1S/2C11H6F2N.C7H4F3NO2.Ir/c2*12-8-4-5-9(10(13)7-8)11-3-1-2-6-14-11;8-7(9,10)5-1-2-11-3-4(5)6(12)13;/h2*1-4,6-7H;1-3H,(H,12,13);/q2*-1;;. The average Bonchev–Trinajstić information content (AvgIpc) is 2.94. The summed E-state index contributed by atoms with van der Waals surface area (Å²) >= 11 is 0. The minimum Gasteiger partial charge on any atom is -0.478 e. The quantitative estimate of drug-likeness (QED) is 0.153. The minimum atomic E-state index is -4.66. The number of nitrogens with zero attached hydrogens (tertiary/aromatic N) is 3. The summed E-state index contributed by atoms with van der Waals surface area (Å²) in [5.41, 5.74) is -0.751. The molecule has 0 aliphatic heterocycles. The van der Waals surface area contributed by atoms with Crippen molar-refractivity contribution >= 4 is 5.97 Å². The smallest absolute Gasteiger partial charge is 0.417 e. The predicted molar refractivity (Wildman–Crippen MR) is 133 cm³/mol. The monoisotopic (exact) mass is 764 g/mol. The molecule has 0 amide bonds. The van der Waals surface area contributed by atoms with Crippen LogP contribution in [0.3, 0.4) is 0 Å². The number of rotatable bonds is 3. The summed E-state index contributed by atoms with van der Waals surface area (Å²) in [5.74, 6) is -4.21. The Morgan fingerprint density at radius 2 is 1.21 bits per heavy atom. The van der Waals surface area contributed by atoms with E-state index in [2.05, 4.69) is 27.1 Å². The molecule has 0 spiro atoms. The number of pyridine rings is 3. The van der Waals surface area contributed by atoms with Gasteiger partial charge in [-0.2, -0.15) is 13.2 Å². The van der Waals surface area contributed by atoms with Gasteiger partial charge >= 0.3 is 12.1 Å². The maximum atomic E-state index is 13.2. The third kappa shape index (κ3) is 9.57. The first kappa shape index (κ1) is 33.7. The van der Waals surface area contributed by atoms with Gasteiger partial charge in [-0.1, -0.05) is 47.5 Å². The number of benzene rings is 2. The van der Waals surface area contributed by atoms with Gasteiger partial charge in [0.1, 0.15) is 0 Å². The number of aromatic nitrogens is 3. The van der Waals surface area contributed by atoms with E-state index in [9.17, 15) is 35.5 Å². The summed E-state index contributed by atoms with van der Waals surface area (Å²) in [6, 6.07) is 19.7. The van der Waals surface area contributed by atoms with Gasteiger partial charge in [0, 0.05) is 68.2 Å². The first-order valence-electron chi connectivity index (χ1n) is 11.3. The second kappa shape index (κ2) is 15.5. The Kier molecular flexibility index (Phi) is 12.4. The summed E-state index contributed by atoms with van der Waals surface area (Å²) in [4.78, 5) is 21.5. The summed E-state index contributed by atoms with van der Waals surface area (Å²) in [6.07, 6.45) is 0.00895. The van der Waals surface area contributed by atoms with Crippen molar-refractivity contribution in [1.29, 1.82) is 0 Å². The van der Waals surface area contributed by atoms with Gasteiger partial charge in [0.25, 0.3) is 0 Å². The number of aromatic carboxylic acids is 1. The Hall–Kier alpha value is -4.48. The van der Waals surface area contributed by atoms with Crippen LogP contribution in [0.2, 0.25) is 0 Å². The van der Waals surface area contributed by atoms with Crippen LogP contribution in [-0.2, 0) is 26.3 Å². The van der Waals surface area contributed by atoms with Crippen molar-refractivity contribution in [2.24, 2.45) is 0 Å². The van der Waals surface area contributed by atoms with Crippen molar-refractivity contribution in [3.63, 3.8) is 0 Å². The van der Waals surface area contributed by atoms with Gasteiger partial charge in [0.15, 0.2) is 0 Å². The van der Waals surface area contributed by atoms with Gasteiger partial charge in [0.2, 0.25) is 0 Å². The SMILES string of the molecule is Fc1c[c-]c(-c2ccccn2)c(F)c1.Fc1c[c-]c(-c2ccccn2)c(F)c1.O=C(O)c1cnccc1C(F)(F)F.[Ir]. The van der Waals surface area contributed by atoms with Crippen LogP contribution in [0.4, 0.5) is 30.7 Å². The first-order chi connectivity index (χ1) is 19.5. The summed E-state index contributed by atoms with van der Waals surface area (Å²) in [7, 11) is 0. The summed E-state index contributed by atoms with van der Waals surface area (Å²) in [5, 5.41) is 8.39. The van der Waals surface area contributed by atoms with Gasteiger partial charge in [-0.15, -0.1) is 24.3 Å². The van der Waals surface area contributed by atoms with Crippen molar-refractivity contribution in [3.05, 3.63) is 138 Å². The van der Waals surface area contributed by atoms with E-state index in [4.69, 9.17) is 5.11 Å². The van der Waals surface area contributed by atoms with Crippen LogP contribution in [0.1, 0.15) is 15.9 Å². The van der Waals surface area contributed by atoms with E-state index >= 15 is 0 Å². The predicted octanol–water partition coefficient (Wildman–Crippen LogP) is 7.45. The zero-order chi connectivity index (χ0) is 30.0. The first-order valence-corrected chi connectivity index (χ1v) is 11.3. The summed E-state index contributed by atoms with van der Waals surface area (Å²) in [6.45, 7) is 0. The molecule has 5 rings (SSSR count). The molecular weight excluding hydrogens is 748 g/mol. The molecule has 5 nitrogen and oxygen atoms in total. The third-order valence-corrected chi connectivity index (χ3v) is 4.91. The van der Waals surface area contributed by atoms with Crippen molar-refractivity contribution < 1.29 is 60.7 Å². The van der Waals surface area contributed by atoms with Crippen LogP contribution in [0, 0.1) is 35.4 Å². The number of hydrogen-bond acceptors (Lipinski definition) is 4. The third-order valence-electron chi connectivity index (χ3n) is 4.91. The number of carboxylic acid groups (broad SMARTS) is 1. The zero-order valence-electron chi connectivity index (χ0n) is 20.8. The molecule has 0 unspecified atom stereocenters. The molecule has 1 N–H and O–H groups in total. The Balaban J connectivity index is 0.000000218. The van der Waals surface area contributed by atoms with Crippen LogP contribution in [-0.4, -0.2) is 26.0 Å².